The predicted octanol–water partition coefficient (Wildman–Crippen LogP) is 3.52. The number of aryl methyl sites for hydroxylation is 1. The number of para-hydroxylation sites is 1. The third kappa shape index (κ3) is 4.77. The maximum absolute atomic E-state index is 11.6. The Hall–Kier alpha value is -3.06. The van der Waals surface area contributed by atoms with E-state index in [0.717, 1.165) is 22.1 Å². The van der Waals surface area contributed by atoms with Gasteiger partial charge in [0.15, 0.2) is 5.16 Å². The number of rotatable bonds is 6. The van der Waals surface area contributed by atoms with E-state index < -0.39 is 11.9 Å². The van der Waals surface area contributed by atoms with Crippen molar-refractivity contribution in [2.24, 2.45) is 5.73 Å². The number of hydrogen-bond acceptors (Lipinski definition) is 4. The van der Waals surface area contributed by atoms with Crippen molar-refractivity contribution in [1.82, 2.24) is 14.9 Å². The van der Waals surface area contributed by atoms with Crippen molar-refractivity contribution >= 4 is 23.7 Å². The van der Waals surface area contributed by atoms with E-state index >= 15 is 0 Å². The lowest BCUT2D eigenvalue weighted by Gasteiger charge is -2.12. The van der Waals surface area contributed by atoms with Crippen LogP contribution in [-0.4, -0.2) is 27.2 Å². The standard InChI is InChI=1S/C20H20N4O2S/c1-14-7-9-15(10-8-14)17-13-22-20(24(17)16-5-3-2-4-6-16)27-12-11-18(25)23-19(21)26/h2-10,13H,11-12H2,1H3,(H3,21,23,25,26). The summed E-state index contributed by atoms with van der Waals surface area (Å²) in [6.45, 7) is 2.05. The van der Waals surface area contributed by atoms with Gasteiger partial charge in [-0.25, -0.2) is 9.78 Å². The molecule has 0 aliphatic rings. The van der Waals surface area contributed by atoms with E-state index in [-0.39, 0.29) is 6.42 Å². The van der Waals surface area contributed by atoms with Crippen LogP contribution in [0.1, 0.15) is 12.0 Å². The number of carbonyl (C=O) groups excluding carboxylic acids is 2. The number of nitrogens with two attached hydrogens (primary N) is 1. The second kappa shape index (κ2) is 8.55. The molecule has 138 valence electrons. The first kappa shape index (κ1) is 18.7. The van der Waals surface area contributed by atoms with Crippen molar-refractivity contribution in [3.63, 3.8) is 0 Å². The van der Waals surface area contributed by atoms with E-state index in [2.05, 4.69) is 46.1 Å². The molecular formula is C20H20N4O2S. The van der Waals surface area contributed by atoms with Crippen molar-refractivity contribution in [3.8, 4) is 16.9 Å². The van der Waals surface area contributed by atoms with Crippen LogP contribution >= 0.6 is 11.8 Å². The topological polar surface area (TPSA) is 90.0 Å². The summed E-state index contributed by atoms with van der Waals surface area (Å²) in [5.41, 5.74) is 9.19. The molecular weight excluding hydrogens is 360 g/mol. The van der Waals surface area contributed by atoms with Gasteiger partial charge >= 0.3 is 6.03 Å². The molecule has 3 rings (SSSR count). The molecule has 3 aromatic rings. The molecule has 3 N–H and O–H groups in total. The highest BCUT2D eigenvalue weighted by molar-refractivity contribution is 7.99. The number of aromatic nitrogens is 2. The minimum Gasteiger partial charge on any atom is -0.351 e. The van der Waals surface area contributed by atoms with Crippen LogP contribution in [0.4, 0.5) is 4.79 Å². The smallest absolute Gasteiger partial charge is 0.318 e. The number of imide groups is 1. The molecule has 2 aromatic carbocycles. The first-order valence-electron chi connectivity index (χ1n) is 8.47. The zero-order chi connectivity index (χ0) is 19.2. The van der Waals surface area contributed by atoms with Gasteiger partial charge in [0.05, 0.1) is 11.9 Å². The number of urea groups is 1. The Morgan fingerprint density at radius 2 is 1.81 bits per heavy atom. The highest BCUT2D eigenvalue weighted by Crippen LogP contribution is 2.30. The van der Waals surface area contributed by atoms with E-state index in [1.807, 2.05) is 36.5 Å². The van der Waals surface area contributed by atoms with Crippen LogP contribution in [0, 0.1) is 6.92 Å². The quantitative estimate of drug-likeness (QED) is 0.640. The highest BCUT2D eigenvalue weighted by Gasteiger charge is 2.14. The number of carbonyl (C=O) groups is 2. The van der Waals surface area contributed by atoms with Crippen LogP contribution in [0.5, 0.6) is 0 Å². The molecule has 3 amide bonds. The minimum atomic E-state index is -0.836. The zero-order valence-electron chi connectivity index (χ0n) is 14.9. The number of thioether (sulfide) groups is 1. The number of amides is 3. The SMILES string of the molecule is Cc1ccc(-c2cnc(SCCC(=O)NC(N)=O)n2-c2ccccc2)cc1. The van der Waals surface area contributed by atoms with Crippen LogP contribution < -0.4 is 11.1 Å². The van der Waals surface area contributed by atoms with Crippen LogP contribution in [0.2, 0.25) is 0 Å². The van der Waals surface area contributed by atoms with Gasteiger partial charge in [0.2, 0.25) is 5.91 Å². The zero-order valence-corrected chi connectivity index (χ0v) is 15.7. The van der Waals surface area contributed by atoms with Crippen LogP contribution in [0.25, 0.3) is 16.9 Å². The Balaban J connectivity index is 1.87. The number of nitrogens with zero attached hydrogens (tertiary/aromatic N) is 2. The van der Waals surface area contributed by atoms with Crippen molar-refractivity contribution in [2.45, 2.75) is 18.5 Å². The maximum atomic E-state index is 11.6. The lowest BCUT2D eigenvalue weighted by molar-refractivity contribution is -0.119. The summed E-state index contributed by atoms with van der Waals surface area (Å²) in [5.74, 6) is 0.0857. The summed E-state index contributed by atoms with van der Waals surface area (Å²) < 4.78 is 2.07. The van der Waals surface area contributed by atoms with E-state index in [1.165, 1.54) is 17.3 Å². The highest BCUT2D eigenvalue weighted by atomic mass is 32.2. The largest absolute Gasteiger partial charge is 0.351 e. The molecule has 0 aliphatic heterocycles. The van der Waals surface area contributed by atoms with E-state index in [0.29, 0.717) is 5.75 Å². The molecule has 0 radical (unpaired) electrons. The molecule has 0 aliphatic carbocycles. The van der Waals surface area contributed by atoms with Gasteiger partial charge < -0.3 is 5.73 Å². The molecule has 1 aromatic heterocycles. The summed E-state index contributed by atoms with van der Waals surface area (Å²) >= 11 is 1.45. The van der Waals surface area contributed by atoms with Crippen molar-refractivity contribution < 1.29 is 9.59 Å². The van der Waals surface area contributed by atoms with Gasteiger partial charge in [-0.05, 0) is 19.1 Å². The van der Waals surface area contributed by atoms with Crippen molar-refractivity contribution in [2.75, 3.05) is 5.75 Å². The Labute approximate surface area is 161 Å². The van der Waals surface area contributed by atoms with E-state index in [1.54, 1.807) is 0 Å². The molecule has 0 saturated heterocycles. The fourth-order valence-electron chi connectivity index (χ4n) is 2.63. The Bertz CT molecular complexity index is 936. The lowest BCUT2D eigenvalue weighted by atomic mass is 10.1. The van der Waals surface area contributed by atoms with Gasteiger partial charge in [-0.15, -0.1) is 0 Å². The Kier molecular flexibility index (Phi) is 5.93. The number of imidazole rings is 1. The first-order valence-corrected chi connectivity index (χ1v) is 9.45. The molecule has 1 heterocycles. The average Bonchev–Trinajstić information content (AvgIpc) is 3.06. The Morgan fingerprint density at radius 3 is 2.48 bits per heavy atom. The number of nitrogens with one attached hydrogen (secondary N) is 1. The molecule has 27 heavy (non-hydrogen) atoms. The van der Waals surface area contributed by atoms with Gasteiger partial charge in [-0.3, -0.25) is 14.7 Å². The molecule has 0 atom stereocenters. The number of benzene rings is 2. The first-order chi connectivity index (χ1) is 13.0. The predicted molar refractivity (Wildman–Crippen MR) is 107 cm³/mol. The summed E-state index contributed by atoms with van der Waals surface area (Å²) in [4.78, 5) is 26.9. The molecule has 6 nitrogen and oxygen atoms in total. The summed E-state index contributed by atoms with van der Waals surface area (Å²) in [5, 5.41) is 2.85. The van der Waals surface area contributed by atoms with Gasteiger partial charge in [0, 0.05) is 23.4 Å². The third-order valence-corrected chi connectivity index (χ3v) is 4.87. The average molecular weight is 380 g/mol. The van der Waals surface area contributed by atoms with Gasteiger partial charge in [-0.1, -0.05) is 59.8 Å². The fourth-order valence-corrected chi connectivity index (χ4v) is 3.56. The second-order valence-corrected chi connectivity index (χ2v) is 7.04. The molecule has 0 bridgehead atoms. The minimum absolute atomic E-state index is 0.176. The molecule has 0 spiro atoms. The van der Waals surface area contributed by atoms with E-state index in [4.69, 9.17) is 5.73 Å². The molecule has 0 unspecified atom stereocenters. The van der Waals surface area contributed by atoms with Gasteiger partial charge in [0.1, 0.15) is 0 Å². The van der Waals surface area contributed by atoms with Crippen LogP contribution in [0.3, 0.4) is 0 Å². The van der Waals surface area contributed by atoms with Crippen molar-refractivity contribution in [3.05, 3.63) is 66.4 Å². The normalized spacial score (nSPS) is 10.6. The monoisotopic (exact) mass is 380 g/mol. The lowest BCUT2D eigenvalue weighted by Crippen LogP contribution is -2.35. The van der Waals surface area contributed by atoms with Crippen LogP contribution in [0.15, 0.2) is 66.0 Å². The van der Waals surface area contributed by atoms with Crippen LogP contribution in [-0.2, 0) is 4.79 Å². The summed E-state index contributed by atoms with van der Waals surface area (Å²) in [6, 6.07) is 17.4. The molecule has 0 fully saturated rings. The maximum Gasteiger partial charge on any atom is 0.318 e. The van der Waals surface area contributed by atoms with Gasteiger partial charge in [0.25, 0.3) is 0 Å². The number of hydrogen-bond donors (Lipinski definition) is 2. The molecule has 7 heteroatoms. The van der Waals surface area contributed by atoms with E-state index in [9.17, 15) is 9.59 Å². The third-order valence-electron chi connectivity index (χ3n) is 3.91. The molecule has 0 saturated carbocycles. The summed E-state index contributed by atoms with van der Waals surface area (Å²) in [7, 11) is 0. The summed E-state index contributed by atoms with van der Waals surface area (Å²) in [6.07, 6.45) is 2.01. The van der Waals surface area contributed by atoms with Gasteiger partial charge in [-0.2, -0.15) is 0 Å². The van der Waals surface area contributed by atoms with Crippen molar-refractivity contribution in [1.29, 1.82) is 0 Å². The number of primary amides is 1. The second-order valence-electron chi connectivity index (χ2n) is 5.97. The fraction of sp³-hybridized carbons (Fsp3) is 0.150. The Morgan fingerprint density at radius 1 is 1.11 bits per heavy atom.